The molecule has 1 aromatic heterocycles. The lowest BCUT2D eigenvalue weighted by molar-refractivity contribution is 0.0362. The zero-order chi connectivity index (χ0) is 19.0. The van der Waals surface area contributed by atoms with E-state index in [0.717, 1.165) is 45.3 Å². The van der Waals surface area contributed by atoms with Crippen molar-refractivity contribution in [3.8, 4) is 0 Å². The van der Waals surface area contributed by atoms with Gasteiger partial charge in [0.2, 0.25) is 10.0 Å². The molecule has 0 aliphatic carbocycles. The molecule has 0 radical (unpaired) electrons. The molecule has 8 heteroatoms. The second-order valence-electron chi connectivity index (χ2n) is 6.70. The Bertz CT molecular complexity index is 664. The van der Waals surface area contributed by atoms with E-state index in [1.807, 2.05) is 0 Å². The molecule has 0 bridgehead atoms. The molecule has 0 saturated carbocycles. The molecule has 26 heavy (non-hydrogen) atoms. The van der Waals surface area contributed by atoms with Crippen LogP contribution in [0.2, 0.25) is 5.15 Å². The first-order valence-electron chi connectivity index (χ1n) is 9.37. The van der Waals surface area contributed by atoms with E-state index in [-0.39, 0.29) is 4.90 Å². The molecule has 148 valence electrons. The van der Waals surface area contributed by atoms with E-state index >= 15 is 0 Å². The summed E-state index contributed by atoms with van der Waals surface area (Å²) < 4.78 is 33.2. The quantitative estimate of drug-likeness (QED) is 0.444. The Labute approximate surface area is 162 Å². The van der Waals surface area contributed by atoms with Crippen molar-refractivity contribution in [3.05, 3.63) is 23.0 Å². The van der Waals surface area contributed by atoms with Crippen LogP contribution in [-0.4, -0.2) is 68.5 Å². The van der Waals surface area contributed by atoms with Crippen LogP contribution in [0.15, 0.2) is 17.2 Å². The average Bonchev–Trinajstić information content (AvgIpc) is 2.64. The van der Waals surface area contributed by atoms with Gasteiger partial charge in [0.25, 0.3) is 0 Å². The Hall–Kier alpha value is -0.730. The minimum atomic E-state index is -3.57. The van der Waals surface area contributed by atoms with E-state index in [4.69, 9.17) is 16.3 Å². The van der Waals surface area contributed by atoms with Crippen molar-refractivity contribution in [2.24, 2.45) is 0 Å². The van der Waals surface area contributed by atoms with Crippen molar-refractivity contribution >= 4 is 21.6 Å². The molecule has 0 atom stereocenters. The highest BCUT2D eigenvalue weighted by molar-refractivity contribution is 7.89. The summed E-state index contributed by atoms with van der Waals surface area (Å²) in [6.07, 6.45) is 5.52. The van der Waals surface area contributed by atoms with Gasteiger partial charge in [-0.3, -0.25) is 4.90 Å². The molecule has 0 aromatic carbocycles. The predicted octanol–water partition coefficient (Wildman–Crippen LogP) is 2.95. The van der Waals surface area contributed by atoms with Crippen molar-refractivity contribution in [1.29, 1.82) is 0 Å². The molecule has 6 nitrogen and oxygen atoms in total. The third kappa shape index (κ3) is 6.16. The number of sulfonamides is 1. The van der Waals surface area contributed by atoms with Gasteiger partial charge in [-0.2, -0.15) is 4.31 Å². The summed E-state index contributed by atoms with van der Waals surface area (Å²) in [4.78, 5) is 6.49. The number of unbranched alkanes of at least 4 members (excludes halogenated alkanes) is 3. The van der Waals surface area contributed by atoms with E-state index in [2.05, 4.69) is 16.8 Å². The molecule has 1 saturated heterocycles. The number of aryl methyl sites for hydroxylation is 1. The van der Waals surface area contributed by atoms with Gasteiger partial charge in [-0.15, -0.1) is 0 Å². The maximum absolute atomic E-state index is 13.1. The number of rotatable bonds is 10. The first-order valence-corrected chi connectivity index (χ1v) is 11.2. The number of aromatic nitrogens is 1. The lowest BCUT2D eigenvalue weighted by Gasteiger charge is -2.29. The van der Waals surface area contributed by atoms with Crippen molar-refractivity contribution in [3.63, 3.8) is 0 Å². The van der Waals surface area contributed by atoms with Crippen molar-refractivity contribution < 1.29 is 13.2 Å². The van der Waals surface area contributed by atoms with Gasteiger partial charge in [0.15, 0.2) is 0 Å². The highest BCUT2D eigenvalue weighted by Crippen LogP contribution is 2.20. The normalized spacial score (nSPS) is 16.3. The van der Waals surface area contributed by atoms with E-state index < -0.39 is 10.0 Å². The van der Waals surface area contributed by atoms with Crippen LogP contribution in [0.3, 0.4) is 0 Å². The summed E-state index contributed by atoms with van der Waals surface area (Å²) in [6.45, 7) is 8.79. The smallest absolute Gasteiger partial charge is 0.244 e. The number of ether oxygens (including phenoxy) is 1. The second-order valence-corrected chi connectivity index (χ2v) is 8.99. The summed E-state index contributed by atoms with van der Waals surface area (Å²) in [6, 6.07) is 1.61. The van der Waals surface area contributed by atoms with Gasteiger partial charge in [0.05, 0.1) is 13.2 Å². The summed E-state index contributed by atoms with van der Waals surface area (Å²) >= 11 is 5.95. The monoisotopic (exact) mass is 403 g/mol. The van der Waals surface area contributed by atoms with Crippen LogP contribution in [0, 0.1) is 6.92 Å². The molecule has 0 spiro atoms. The Balaban J connectivity index is 2.09. The van der Waals surface area contributed by atoms with Crippen LogP contribution in [0.5, 0.6) is 0 Å². The van der Waals surface area contributed by atoms with Gasteiger partial charge < -0.3 is 4.74 Å². The highest BCUT2D eigenvalue weighted by atomic mass is 35.5. The molecule has 0 N–H and O–H groups in total. The topological polar surface area (TPSA) is 62.7 Å². The minimum absolute atomic E-state index is 0.219. The van der Waals surface area contributed by atoms with Gasteiger partial charge in [0, 0.05) is 38.9 Å². The third-order valence-electron chi connectivity index (χ3n) is 4.66. The van der Waals surface area contributed by atoms with Crippen LogP contribution in [0.4, 0.5) is 0 Å². The molecule has 1 aromatic rings. The Morgan fingerprint density at radius 2 is 1.96 bits per heavy atom. The third-order valence-corrected chi connectivity index (χ3v) is 6.92. The van der Waals surface area contributed by atoms with E-state index in [0.29, 0.717) is 37.0 Å². The fourth-order valence-corrected chi connectivity index (χ4v) is 4.57. The Kier molecular flexibility index (Phi) is 8.76. The van der Waals surface area contributed by atoms with E-state index in [1.165, 1.54) is 6.20 Å². The maximum Gasteiger partial charge on any atom is 0.244 e. The van der Waals surface area contributed by atoms with Crippen LogP contribution in [-0.2, 0) is 14.8 Å². The van der Waals surface area contributed by atoms with Gasteiger partial charge in [-0.1, -0.05) is 37.8 Å². The molecule has 1 fully saturated rings. The second kappa shape index (κ2) is 10.6. The lowest BCUT2D eigenvalue weighted by atomic mass is 10.2. The predicted molar refractivity (Wildman–Crippen MR) is 104 cm³/mol. The van der Waals surface area contributed by atoms with Crippen LogP contribution < -0.4 is 0 Å². The van der Waals surface area contributed by atoms with Gasteiger partial charge in [0.1, 0.15) is 10.0 Å². The van der Waals surface area contributed by atoms with Gasteiger partial charge >= 0.3 is 0 Å². The molecule has 0 unspecified atom stereocenters. The molecule has 2 heterocycles. The number of morpholine rings is 1. The number of halogens is 1. The first-order chi connectivity index (χ1) is 12.4. The average molecular weight is 404 g/mol. The van der Waals surface area contributed by atoms with E-state index in [1.54, 1.807) is 17.3 Å². The molecule has 1 aliphatic rings. The standard InChI is InChI=1S/C18H30ClN3O3S/c1-3-4-5-6-7-22(9-8-21-10-12-25-13-11-21)26(23,24)17-14-16(2)18(19)20-15-17/h14-15H,3-13H2,1-2H3. The van der Waals surface area contributed by atoms with Gasteiger partial charge in [-0.25, -0.2) is 13.4 Å². The number of hydrogen-bond acceptors (Lipinski definition) is 5. The first kappa shape index (κ1) is 21.6. The lowest BCUT2D eigenvalue weighted by Crippen LogP contribution is -2.43. The molecular weight excluding hydrogens is 374 g/mol. The van der Waals surface area contributed by atoms with Crippen LogP contribution in [0.25, 0.3) is 0 Å². The number of nitrogens with zero attached hydrogens (tertiary/aromatic N) is 3. The fraction of sp³-hybridized carbons (Fsp3) is 0.722. The summed E-state index contributed by atoms with van der Waals surface area (Å²) in [7, 11) is -3.57. The van der Waals surface area contributed by atoms with Crippen LogP contribution >= 0.6 is 11.6 Å². The molecule has 0 amide bonds. The van der Waals surface area contributed by atoms with E-state index in [9.17, 15) is 8.42 Å². The van der Waals surface area contributed by atoms with Gasteiger partial charge in [-0.05, 0) is 25.0 Å². The van der Waals surface area contributed by atoms with Crippen LogP contribution in [0.1, 0.15) is 38.2 Å². The summed E-state index contributed by atoms with van der Waals surface area (Å²) in [5.41, 5.74) is 0.673. The highest BCUT2D eigenvalue weighted by Gasteiger charge is 2.26. The summed E-state index contributed by atoms with van der Waals surface area (Å²) in [5, 5.41) is 0.340. The fourth-order valence-electron chi connectivity index (χ4n) is 2.97. The SMILES string of the molecule is CCCCCCN(CCN1CCOCC1)S(=O)(=O)c1cnc(Cl)c(C)c1. The zero-order valence-corrected chi connectivity index (χ0v) is 17.4. The van der Waals surface area contributed by atoms with Crippen molar-refractivity contribution in [2.75, 3.05) is 45.9 Å². The zero-order valence-electron chi connectivity index (χ0n) is 15.8. The maximum atomic E-state index is 13.1. The Morgan fingerprint density at radius 3 is 2.62 bits per heavy atom. The number of pyridine rings is 1. The largest absolute Gasteiger partial charge is 0.379 e. The molecule has 1 aliphatic heterocycles. The summed E-state index contributed by atoms with van der Waals surface area (Å²) in [5.74, 6) is 0. The molecule has 2 rings (SSSR count). The van der Waals surface area contributed by atoms with Crippen molar-refractivity contribution in [2.45, 2.75) is 44.4 Å². The Morgan fingerprint density at radius 1 is 1.23 bits per heavy atom. The molecular formula is C18H30ClN3O3S. The number of hydrogen-bond donors (Lipinski definition) is 0. The minimum Gasteiger partial charge on any atom is -0.379 e. The van der Waals surface area contributed by atoms with Crippen molar-refractivity contribution in [1.82, 2.24) is 14.2 Å².